The second-order valence-corrected chi connectivity index (χ2v) is 17.1. The van der Waals surface area contributed by atoms with E-state index in [0.29, 0.717) is 0 Å². The van der Waals surface area contributed by atoms with E-state index >= 15 is 0 Å². The second-order valence-electron chi connectivity index (χ2n) is 11.6. The highest BCUT2D eigenvalue weighted by Crippen LogP contribution is 2.50. The molecule has 3 aromatic heterocycles. The van der Waals surface area contributed by atoms with Crippen LogP contribution in [0.5, 0.6) is 5.88 Å². The van der Waals surface area contributed by atoms with Gasteiger partial charge in [0, 0.05) is 12.6 Å². The Hall–Kier alpha value is -2.61. The van der Waals surface area contributed by atoms with Crippen molar-refractivity contribution in [3.63, 3.8) is 0 Å². The molecule has 0 aromatic carbocycles. The average molecular weight is 620 g/mol. The number of hydrogen-bond acceptors (Lipinski definition) is 6. The highest BCUT2D eigenvalue weighted by molar-refractivity contribution is 6.74. The number of carbonyl (C=O) groups is 1. The molecule has 0 saturated carbocycles. The molecule has 4 heterocycles. The van der Waals surface area contributed by atoms with Crippen molar-refractivity contribution < 1.29 is 27.1 Å². The molecule has 0 aliphatic carbocycles. The maximum absolute atomic E-state index is 14.3. The summed E-state index contributed by atoms with van der Waals surface area (Å²) in [5.41, 5.74) is -2.39. The molecule has 2 atom stereocenters. The SMILES string of the molecule is CC(COc1ncc(NC(=O)N2C[C@@](C)(C(F)(F)F)c3c2cnc2cc(Cl)nn32)cc1Cl)O[Si](C)(C)C(C)(C)C. The first-order valence-electron chi connectivity index (χ1n) is 12.5. The molecule has 1 aliphatic rings. The average Bonchev–Trinajstić information content (AvgIpc) is 3.34. The molecular formula is C25H31Cl2F3N6O3Si. The molecule has 4 rings (SSSR count). The van der Waals surface area contributed by atoms with E-state index in [1.54, 1.807) is 0 Å². The fourth-order valence-corrected chi connectivity index (χ4v) is 6.01. The molecule has 0 bridgehead atoms. The monoisotopic (exact) mass is 618 g/mol. The lowest BCUT2D eigenvalue weighted by atomic mass is 9.88. The molecule has 1 N–H and O–H groups in total. The van der Waals surface area contributed by atoms with Gasteiger partial charge in [0.2, 0.25) is 5.88 Å². The van der Waals surface area contributed by atoms with Crippen molar-refractivity contribution in [2.45, 2.75) is 70.4 Å². The van der Waals surface area contributed by atoms with Crippen LogP contribution < -0.4 is 15.0 Å². The molecule has 2 amide bonds. The second kappa shape index (κ2) is 10.3. The number of alkyl halides is 3. The van der Waals surface area contributed by atoms with E-state index in [-0.39, 0.29) is 56.5 Å². The van der Waals surface area contributed by atoms with Crippen molar-refractivity contribution in [1.29, 1.82) is 0 Å². The smallest absolute Gasteiger partial charge is 0.401 e. The Bertz CT molecular complexity index is 1450. The minimum atomic E-state index is -4.70. The highest BCUT2D eigenvalue weighted by Gasteiger charge is 2.60. The Kier molecular flexibility index (Phi) is 7.84. The van der Waals surface area contributed by atoms with Crippen LogP contribution >= 0.6 is 23.2 Å². The van der Waals surface area contributed by atoms with Gasteiger partial charge in [0.1, 0.15) is 17.0 Å². The number of nitrogens with zero attached hydrogens (tertiary/aromatic N) is 5. The predicted octanol–water partition coefficient (Wildman–Crippen LogP) is 7.09. The molecule has 218 valence electrons. The summed E-state index contributed by atoms with van der Waals surface area (Å²) in [4.78, 5) is 22.5. The van der Waals surface area contributed by atoms with Gasteiger partial charge in [-0.15, -0.1) is 0 Å². The normalized spacial score (nSPS) is 18.6. The summed E-state index contributed by atoms with van der Waals surface area (Å²) in [7, 11) is -1.99. The summed E-state index contributed by atoms with van der Waals surface area (Å²) < 4.78 is 55.9. The Morgan fingerprint density at radius 1 is 1.20 bits per heavy atom. The van der Waals surface area contributed by atoms with Crippen LogP contribution in [-0.4, -0.2) is 59.4 Å². The van der Waals surface area contributed by atoms with Crippen molar-refractivity contribution >= 4 is 54.6 Å². The summed E-state index contributed by atoms with van der Waals surface area (Å²) in [5.74, 6) is 0.142. The summed E-state index contributed by atoms with van der Waals surface area (Å²) >= 11 is 12.3. The number of ether oxygens (including phenoxy) is 1. The van der Waals surface area contributed by atoms with Crippen molar-refractivity contribution in [3.05, 3.63) is 40.4 Å². The zero-order chi connectivity index (χ0) is 29.8. The van der Waals surface area contributed by atoms with E-state index < -0.39 is 32.5 Å². The molecule has 1 aliphatic heterocycles. The summed E-state index contributed by atoms with van der Waals surface area (Å²) in [6, 6.07) is 1.94. The quantitative estimate of drug-likeness (QED) is 0.296. The minimum Gasteiger partial charge on any atom is -0.474 e. The van der Waals surface area contributed by atoms with E-state index in [9.17, 15) is 18.0 Å². The van der Waals surface area contributed by atoms with Crippen molar-refractivity contribution in [2.75, 3.05) is 23.4 Å². The van der Waals surface area contributed by atoms with Crippen molar-refractivity contribution in [3.8, 4) is 5.88 Å². The Morgan fingerprint density at radius 2 is 1.88 bits per heavy atom. The van der Waals surface area contributed by atoms with Crippen LogP contribution in [0.15, 0.2) is 24.5 Å². The van der Waals surface area contributed by atoms with Crippen LogP contribution in [0.4, 0.5) is 29.3 Å². The molecule has 0 saturated heterocycles. The van der Waals surface area contributed by atoms with Gasteiger partial charge in [-0.25, -0.2) is 19.3 Å². The van der Waals surface area contributed by atoms with Gasteiger partial charge in [-0.3, -0.25) is 4.90 Å². The molecule has 3 aromatic rings. The number of rotatable bonds is 6. The van der Waals surface area contributed by atoms with Gasteiger partial charge in [0.15, 0.2) is 19.1 Å². The number of amides is 2. The molecule has 15 heteroatoms. The number of aromatic nitrogens is 4. The first-order chi connectivity index (χ1) is 18.3. The molecule has 0 fully saturated rings. The van der Waals surface area contributed by atoms with Gasteiger partial charge >= 0.3 is 12.2 Å². The van der Waals surface area contributed by atoms with Crippen LogP contribution in [0.1, 0.15) is 40.3 Å². The van der Waals surface area contributed by atoms with Crippen LogP contribution in [0.2, 0.25) is 28.3 Å². The van der Waals surface area contributed by atoms with E-state index in [2.05, 4.69) is 54.2 Å². The largest absolute Gasteiger partial charge is 0.474 e. The molecule has 0 radical (unpaired) electrons. The number of urea groups is 1. The van der Waals surface area contributed by atoms with Gasteiger partial charge in [-0.05, 0) is 38.0 Å². The lowest BCUT2D eigenvalue weighted by Crippen LogP contribution is -2.46. The first kappa shape index (κ1) is 30.3. The number of anilines is 2. The molecule has 1 unspecified atom stereocenters. The third-order valence-corrected chi connectivity index (χ3v) is 12.5. The molecule has 40 heavy (non-hydrogen) atoms. The number of carbonyl (C=O) groups excluding carboxylic acids is 1. The molecule has 9 nitrogen and oxygen atoms in total. The van der Waals surface area contributed by atoms with Gasteiger partial charge in [-0.1, -0.05) is 44.0 Å². The Balaban J connectivity index is 1.50. The zero-order valence-corrected chi connectivity index (χ0v) is 25.7. The van der Waals surface area contributed by atoms with Crippen LogP contribution in [0, 0.1) is 0 Å². The summed E-state index contributed by atoms with van der Waals surface area (Å²) in [5, 5.41) is 6.67. The van der Waals surface area contributed by atoms with E-state index in [4.69, 9.17) is 32.4 Å². The van der Waals surface area contributed by atoms with Crippen molar-refractivity contribution in [2.24, 2.45) is 0 Å². The zero-order valence-electron chi connectivity index (χ0n) is 23.2. The standard InChI is InChI=1S/C25H31Cl2F3N6O3Si/c1-14(39-40(6,7)23(2,3)4)12-38-21-16(26)8-15(10-32-21)33-22(37)35-13-24(5,25(28,29)30)20-17(35)11-31-19-9-18(27)34-36(19)20/h8-11,14H,12-13H2,1-7H3,(H,33,37)/t14?,24-/m1/s1. The first-order valence-corrected chi connectivity index (χ1v) is 16.2. The van der Waals surface area contributed by atoms with E-state index in [1.165, 1.54) is 24.5 Å². The Morgan fingerprint density at radius 3 is 2.48 bits per heavy atom. The fraction of sp³-hybridized carbons (Fsp3) is 0.520. The van der Waals surface area contributed by atoms with Gasteiger partial charge in [0.05, 0.1) is 35.6 Å². The maximum Gasteiger partial charge on any atom is 0.401 e. The summed E-state index contributed by atoms with van der Waals surface area (Å²) in [6.45, 7) is 13.2. The third kappa shape index (κ3) is 5.61. The highest BCUT2D eigenvalue weighted by atomic mass is 35.5. The summed E-state index contributed by atoms with van der Waals surface area (Å²) in [6.07, 6.45) is -2.39. The van der Waals surface area contributed by atoms with Crippen molar-refractivity contribution in [1.82, 2.24) is 19.6 Å². The van der Waals surface area contributed by atoms with Crippen LogP contribution in [0.3, 0.4) is 0 Å². The molecule has 0 spiro atoms. The predicted molar refractivity (Wildman–Crippen MR) is 150 cm³/mol. The topological polar surface area (TPSA) is 93.9 Å². The minimum absolute atomic E-state index is 0.0164. The lowest BCUT2D eigenvalue weighted by molar-refractivity contribution is -0.181. The molecular weight excluding hydrogens is 588 g/mol. The number of hydrogen-bond donors (Lipinski definition) is 1. The van der Waals surface area contributed by atoms with Gasteiger partial charge in [0.25, 0.3) is 0 Å². The van der Waals surface area contributed by atoms with E-state index in [0.717, 1.165) is 16.3 Å². The number of fused-ring (bicyclic) bond motifs is 3. The third-order valence-electron chi connectivity index (χ3n) is 7.41. The Labute approximate surface area is 241 Å². The van der Waals surface area contributed by atoms with Crippen LogP contribution in [0.25, 0.3) is 5.65 Å². The number of pyridine rings is 1. The van der Waals surface area contributed by atoms with E-state index in [1.807, 2.05) is 6.92 Å². The van der Waals surface area contributed by atoms with Crippen LogP contribution in [-0.2, 0) is 9.84 Å². The number of nitrogens with one attached hydrogen (secondary N) is 1. The fourth-order valence-electron chi connectivity index (χ4n) is 4.19. The maximum atomic E-state index is 14.3. The number of halogens is 5. The van der Waals surface area contributed by atoms with Gasteiger partial charge < -0.3 is 14.5 Å². The van der Waals surface area contributed by atoms with Gasteiger partial charge in [-0.2, -0.15) is 18.3 Å². The lowest BCUT2D eigenvalue weighted by Gasteiger charge is -2.38.